The Hall–Kier alpha value is -1.89. The second kappa shape index (κ2) is 5.24. The highest BCUT2D eigenvalue weighted by atomic mass is 79.9. The molecule has 1 unspecified atom stereocenters. The van der Waals surface area contributed by atoms with Crippen molar-refractivity contribution < 1.29 is 23.9 Å². The number of rotatable bonds is 2. The third-order valence-corrected chi connectivity index (χ3v) is 3.80. The number of carbonyl (C=O) groups excluding carboxylic acids is 3. The van der Waals surface area contributed by atoms with Gasteiger partial charge in [0.15, 0.2) is 5.92 Å². The summed E-state index contributed by atoms with van der Waals surface area (Å²) in [7, 11) is 3.99. The predicted octanol–water partition coefficient (Wildman–Crippen LogP) is 1.33. The summed E-state index contributed by atoms with van der Waals surface area (Å²) in [5.74, 6) is -2.50. The average Bonchev–Trinajstić information content (AvgIpc) is 2.45. The Bertz CT molecular complexity index is 613. The molecule has 0 radical (unpaired) electrons. The topological polar surface area (TPSA) is 72.9 Å². The Labute approximate surface area is 123 Å². The van der Waals surface area contributed by atoms with Crippen molar-refractivity contribution in [2.45, 2.75) is 5.92 Å². The molecule has 6 nitrogen and oxygen atoms in total. The van der Waals surface area contributed by atoms with Crippen LogP contribution < -0.4 is 4.74 Å². The maximum absolute atomic E-state index is 12.1. The van der Waals surface area contributed by atoms with Crippen LogP contribution in [0.25, 0.3) is 0 Å². The largest absolute Gasteiger partial charge is 0.496 e. The van der Waals surface area contributed by atoms with Gasteiger partial charge in [0, 0.05) is 12.6 Å². The van der Waals surface area contributed by atoms with E-state index in [4.69, 9.17) is 4.74 Å². The molecule has 20 heavy (non-hydrogen) atoms. The van der Waals surface area contributed by atoms with Crippen LogP contribution in [0, 0.1) is 0 Å². The Balaban J connectivity index is 2.70. The van der Waals surface area contributed by atoms with E-state index in [2.05, 4.69) is 20.7 Å². The maximum atomic E-state index is 12.1. The lowest BCUT2D eigenvalue weighted by Gasteiger charge is -2.29. The Kier molecular flexibility index (Phi) is 3.80. The molecule has 7 heteroatoms. The van der Waals surface area contributed by atoms with Crippen LogP contribution in [0.15, 0.2) is 16.6 Å². The molecule has 0 N–H and O–H groups in total. The van der Waals surface area contributed by atoms with E-state index in [1.807, 2.05) is 0 Å². The SMILES string of the molecule is COC(=O)C1C(=O)N(C)C(=O)c2cc(Br)c(OC)cc21. The number of benzene rings is 1. The van der Waals surface area contributed by atoms with E-state index in [9.17, 15) is 14.4 Å². The van der Waals surface area contributed by atoms with E-state index in [1.54, 1.807) is 0 Å². The number of fused-ring (bicyclic) bond motifs is 1. The number of hydrogen-bond donors (Lipinski definition) is 0. The maximum Gasteiger partial charge on any atom is 0.322 e. The lowest BCUT2D eigenvalue weighted by molar-refractivity contribution is -0.148. The van der Waals surface area contributed by atoms with Gasteiger partial charge in [-0.05, 0) is 33.6 Å². The molecule has 1 aliphatic heterocycles. The smallest absolute Gasteiger partial charge is 0.322 e. The molecule has 2 rings (SSSR count). The first kappa shape index (κ1) is 14.5. The summed E-state index contributed by atoms with van der Waals surface area (Å²) >= 11 is 3.28. The van der Waals surface area contributed by atoms with E-state index >= 15 is 0 Å². The molecule has 2 amide bonds. The standard InChI is InChI=1S/C13H12BrNO5/c1-15-11(16)7-4-8(14)9(19-2)5-6(7)10(12(15)17)13(18)20-3/h4-5,10H,1-3H3. The van der Waals surface area contributed by atoms with Crippen LogP contribution in [0.1, 0.15) is 21.8 Å². The fourth-order valence-corrected chi connectivity index (χ4v) is 2.61. The van der Waals surface area contributed by atoms with Gasteiger partial charge in [-0.1, -0.05) is 0 Å². The number of ether oxygens (including phenoxy) is 2. The van der Waals surface area contributed by atoms with Crippen LogP contribution in [-0.2, 0) is 14.3 Å². The number of hydrogen-bond acceptors (Lipinski definition) is 5. The van der Waals surface area contributed by atoms with Crippen molar-refractivity contribution in [3.05, 3.63) is 27.7 Å². The average molecular weight is 342 g/mol. The van der Waals surface area contributed by atoms with Gasteiger partial charge in [-0.2, -0.15) is 0 Å². The molecule has 0 aromatic heterocycles. The zero-order chi connectivity index (χ0) is 15.0. The molecule has 1 aliphatic rings. The number of esters is 1. The lowest BCUT2D eigenvalue weighted by Crippen LogP contribution is -2.45. The molecular weight excluding hydrogens is 330 g/mol. The normalized spacial score (nSPS) is 17.8. The van der Waals surface area contributed by atoms with Crippen molar-refractivity contribution >= 4 is 33.7 Å². The van der Waals surface area contributed by atoms with E-state index in [-0.39, 0.29) is 5.56 Å². The van der Waals surface area contributed by atoms with E-state index < -0.39 is 23.7 Å². The first-order valence-corrected chi connectivity index (χ1v) is 6.48. The van der Waals surface area contributed by atoms with Crippen LogP contribution in [0.5, 0.6) is 5.75 Å². The highest BCUT2D eigenvalue weighted by molar-refractivity contribution is 9.10. The van der Waals surface area contributed by atoms with Crippen molar-refractivity contribution in [2.75, 3.05) is 21.3 Å². The summed E-state index contributed by atoms with van der Waals surface area (Å²) < 4.78 is 10.4. The lowest BCUT2D eigenvalue weighted by atomic mass is 9.88. The minimum absolute atomic E-state index is 0.273. The minimum Gasteiger partial charge on any atom is -0.496 e. The van der Waals surface area contributed by atoms with Crippen molar-refractivity contribution in [1.82, 2.24) is 4.90 Å². The third-order valence-electron chi connectivity index (χ3n) is 3.18. The molecule has 1 aromatic rings. The van der Waals surface area contributed by atoms with Gasteiger partial charge in [-0.25, -0.2) is 0 Å². The van der Waals surface area contributed by atoms with Gasteiger partial charge in [0.1, 0.15) is 5.75 Å². The monoisotopic (exact) mass is 341 g/mol. The first-order valence-electron chi connectivity index (χ1n) is 5.69. The van der Waals surface area contributed by atoms with E-state index in [0.29, 0.717) is 15.8 Å². The quantitative estimate of drug-likeness (QED) is 0.461. The highest BCUT2D eigenvalue weighted by Gasteiger charge is 2.42. The van der Waals surface area contributed by atoms with Crippen LogP contribution in [0.3, 0.4) is 0 Å². The van der Waals surface area contributed by atoms with E-state index in [1.165, 1.54) is 33.4 Å². The zero-order valence-electron chi connectivity index (χ0n) is 11.1. The van der Waals surface area contributed by atoms with E-state index in [0.717, 1.165) is 4.90 Å². The summed E-state index contributed by atoms with van der Waals surface area (Å²) in [6.07, 6.45) is 0. The molecule has 1 heterocycles. The molecule has 0 spiro atoms. The molecule has 0 bridgehead atoms. The Morgan fingerprint density at radius 3 is 2.50 bits per heavy atom. The number of nitrogens with zero attached hydrogens (tertiary/aromatic N) is 1. The molecule has 0 fully saturated rings. The van der Waals surface area contributed by atoms with Gasteiger partial charge in [0.2, 0.25) is 5.91 Å². The van der Waals surface area contributed by atoms with Gasteiger partial charge >= 0.3 is 5.97 Å². The Morgan fingerprint density at radius 1 is 1.30 bits per heavy atom. The van der Waals surface area contributed by atoms with Gasteiger partial charge in [0.05, 0.1) is 18.7 Å². The predicted molar refractivity (Wildman–Crippen MR) is 72.6 cm³/mol. The molecule has 1 atom stereocenters. The van der Waals surface area contributed by atoms with Crippen LogP contribution in [-0.4, -0.2) is 44.0 Å². The number of methoxy groups -OCH3 is 2. The van der Waals surface area contributed by atoms with Gasteiger partial charge < -0.3 is 9.47 Å². The van der Waals surface area contributed by atoms with Gasteiger partial charge in [0.25, 0.3) is 5.91 Å². The summed E-state index contributed by atoms with van der Waals surface area (Å²) in [6, 6.07) is 3.04. The number of likely N-dealkylation sites (N-methyl/N-ethyl adjacent to an activating group) is 1. The Morgan fingerprint density at radius 2 is 1.95 bits per heavy atom. The van der Waals surface area contributed by atoms with Crippen molar-refractivity contribution in [3.8, 4) is 5.75 Å². The molecule has 1 aromatic carbocycles. The molecule has 0 saturated carbocycles. The zero-order valence-corrected chi connectivity index (χ0v) is 12.7. The summed E-state index contributed by atoms with van der Waals surface area (Å²) in [4.78, 5) is 37.0. The van der Waals surface area contributed by atoms with Crippen molar-refractivity contribution in [2.24, 2.45) is 0 Å². The second-order valence-corrected chi connectivity index (χ2v) is 5.09. The molecular formula is C13H12BrNO5. The van der Waals surface area contributed by atoms with Crippen LogP contribution in [0.2, 0.25) is 0 Å². The van der Waals surface area contributed by atoms with Gasteiger partial charge in [-0.15, -0.1) is 0 Å². The number of halogens is 1. The fourth-order valence-electron chi connectivity index (χ4n) is 2.10. The summed E-state index contributed by atoms with van der Waals surface area (Å²) in [5.41, 5.74) is 0.570. The fraction of sp³-hybridized carbons (Fsp3) is 0.308. The summed E-state index contributed by atoms with van der Waals surface area (Å²) in [5, 5.41) is 0. The first-order chi connectivity index (χ1) is 9.42. The minimum atomic E-state index is -1.15. The van der Waals surface area contributed by atoms with Crippen LogP contribution in [0.4, 0.5) is 0 Å². The second-order valence-electron chi connectivity index (χ2n) is 4.23. The molecule has 0 aliphatic carbocycles. The summed E-state index contributed by atoms with van der Waals surface area (Å²) in [6.45, 7) is 0. The number of imide groups is 1. The highest BCUT2D eigenvalue weighted by Crippen LogP contribution is 2.36. The van der Waals surface area contributed by atoms with Crippen molar-refractivity contribution in [1.29, 1.82) is 0 Å². The third kappa shape index (κ3) is 2.07. The van der Waals surface area contributed by atoms with Crippen LogP contribution >= 0.6 is 15.9 Å². The number of amides is 2. The number of carbonyl (C=O) groups is 3. The molecule has 0 saturated heterocycles. The molecule has 106 valence electrons. The van der Waals surface area contributed by atoms with Crippen molar-refractivity contribution in [3.63, 3.8) is 0 Å². The van der Waals surface area contributed by atoms with Gasteiger partial charge in [-0.3, -0.25) is 19.3 Å².